The van der Waals surface area contributed by atoms with Gasteiger partial charge in [-0.3, -0.25) is 4.79 Å². The van der Waals surface area contributed by atoms with Gasteiger partial charge >= 0.3 is 0 Å². The number of hydrogen-bond acceptors (Lipinski definition) is 5. The normalized spacial score (nSPS) is 23.9. The fourth-order valence-electron chi connectivity index (χ4n) is 2.61. The van der Waals surface area contributed by atoms with Crippen LogP contribution in [0.5, 0.6) is 0 Å². The van der Waals surface area contributed by atoms with E-state index in [0.717, 1.165) is 31.0 Å². The minimum atomic E-state index is -0.267. The molecule has 1 fully saturated rings. The van der Waals surface area contributed by atoms with Crippen molar-refractivity contribution in [1.82, 2.24) is 25.4 Å². The topological polar surface area (TPSA) is 81.1 Å². The lowest BCUT2D eigenvalue weighted by molar-refractivity contribution is -0.126. The molecule has 19 heavy (non-hydrogen) atoms. The molecule has 0 saturated carbocycles. The number of nitrogens with one attached hydrogen (secondary N) is 2. The molecule has 2 atom stereocenters. The number of fused-ring (bicyclic) bond motifs is 1. The number of carbonyl (C=O) groups excluding carboxylic acids is 1. The average molecular weight is 265 g/mol. The largest absolute Gasteiger partial charge is 0.378 e. The van der Waals surface area contributed by atoms with E-state index in [-0.39, 0.29) is 18.0 Å². The van der Waals surface area contributed by atoms with Gasteiger partial charge in [-0.05, 0) is 13.3 Å². The van der Waals surface area contributed by atoms with Crippen LogP contribution in [0.4, 0.5) is 0 Å². The Labute approximate surface area is 111 Å². The van der Waals surface area contributed by atoms with Gasteiger partial charge in [-0.2, -0.15) is 0 Å². The van der Waals surface area contributed by atoms with Crippen LogP contribution >= 0.6 is 0 Å². The molecule has 2 unspecified atom stereocenters. The van der Waals surface area contributed by atoms with E-state index >= 15 is 0 Å². The molecule has 2 N–H and O–H groups in total. The van der Waals surface area contributed by atoms with Crippen LogP contribution in [-0.4, -0.2) is 46.5 Å². The molecule has 0 aromatic carbocycles. The van der Waals surface area contributed by atoms with Gasteiger partial charge in [0, 0.05) is 19.5 Å². The summed E-state index contributed by atoms with van der Waals surface area (Å²) in [6.45, 7) is 4.69. The van der Waals surface area contributed by atoms with Gasteiger partial charge in [0.05, 0.1) is 19.3 Å². The van der Waals surface area contributed by atoms with Crippen molar-refractivity contribution in [2.24, 2.45) is 0 Å². The number of rotatable bonds is 3. The molecule has 7 heteroatoms. The summed E-state index contributed by atoms with van der Waals surface area (Å²) in [4.78, 5) is 12.1. The Morgan fingerprint density at radius 3 is 3.26 bits per heavy atom. The first-order chi connectivity index (χ1) is 9.25. The first-order valence-electron chi connectivity index (χ1n) is 6.79. The van der Waals surface area contributed by atoms with Gasteiger partial charge in [-0.15, -0.1) is 10.2 Å². The highest BCUT2D eigenvalue weighted by Gasteiger charge is 2.26. The number of carbonyl (C=O) groups is 1. The predicted molar refractivity (Wildman–Crippen MR) is 67.5 cm³/mol. The van der Waals surface area contributed by atoms with Crippen LogP contribution in [0.3, 0.4) is 0 Å². The van der Waals surface area contributed by atoms with Crippen molar-refractivity contribution >= 4 is 5.91 Å². The second-order valence-electron chi connectivity index (χ2n) is 5.04. The molecule has 0 bridgehead atoms. The number of morpholine rings is 1. The third-order valence-corrected chi connectivity index (χ3v) is 3.62. The maximum atomic E-state index is 12.1. The maximum absolute atomic E-state index is 12.1. The molecule has 1 aromatic heterocycles. The van der Waals surface area contributed by atoms with E-state index in [0.29, 0.717) is 19.8 Å². The van der Waals surface area contributed by atoms with E-state index in [4.69, 9.17) is 4.74 Å². The Bertz CT molecular complexity index is 467. The smallest absolute Gasteiger partial charge is 0.240 e. The molecule has 3 rings (SSSR count). The third kappa shape index (κ3) is 2.48. The highest BCUT2D eigenvalue weighted by Crippen LogP contribution is 2.18. The number of nitrogens with zero attached hydrogens (tertiary/aromatic N) is 3. The van der Waals surface area contributed by atoms with Crippen LogP contribution in [0, 0.1) is 0 Å². The highest BCUT2D eigenvalue weighted by atomic mass is 16.5. The quantitative estimate of drug-likeness (QED) is 0.762. The van der Waals surface area contributed by atoms with Gasteiger partial charge < -0.3 is 19.9 Å². The zero-order chi connectivity index (χ0) is 13.2. The van der Waals surface area contributed by atoms with E-state index < -0.39 is 0 Å². The van der Waals surface area contributed by atoms with E-state index in [1.165, 1.54) is 0 Å². The monoisotopic (exact) mass is 265 g/mol. The average Bonchev–Trinajstić information content (AvgIpc) is 3.01. The lowest BCUT2D eigenvalue weighted by Crippen LogP contribution is -2.51. The van der Waals surface area contributed by atoms with E-state index in [2.05, 4.69) is 25.4 Å². The van der Waals surface area contributed by atoms with Crippen molar-refractivity contribution in [3.05, 3.63) is 11.6 Å². The van der Waals surface area contributed by atoms with Crippen molar-refractivity contribution in [2.75, 3.05) is 19.8 Å². The summed E-state index contributed by atoms with van der Waals surface area (Å²) in [6.07, 6.45) is 2.09. The Balaban J connectivity index is 1.64. The van der Waals surface area contributed by atoms with Crippen molar-refractivity contribution < 1.29 is 9.53 Å². The molecule has 1 saturated heterocycles. The van der Waals surface area contributed by atoms with Crippen molar-refractivity contribution in [2.45, 2.75) is 38.4 Å². The molecule has 3 heterocycles. The maximum Gasteiger partial charge on any atom is 0.240 e. The van der Waals surface area contributed by atoms with Gasteiger partial charge in [-0.1, -0.05) is 0 Å². The Kier molecular flexibility index (Phi) is 3.48. The fourth-order valence-corrected chi connectivity index (χ4v) is 2.61. The van der Waals surface area contributed by atoms with Crippen LogP contribution in [0.2, 0.25) is 0 Å². The van der Waals surface area contributed by atoms with Crippen molar-refractivity contribution in [3.8, 4) is 0 Å². The molecule has 104 valence electrons. The Hall–Kier alpha value is -1.47. The summed E-state index contributed by atoms with van der Waals surface area (Å²) in [6, 6.07) is -0.396. The summed E-state index contributed by atoms with van der Waals surface area (Å²) in [5.74, 6) is 1.83. The molecule has 0 spiro atoms. The van der Waals surface area contributed by atoms with Gasteiger partial charge in [0.2, 0.25) is 5.91 Å². The summed E-state index contributed by atoms with van der Waals surface area (Å²) >= 11 is 0. The van der Waals surface area contributed by atoms with Gasteiger partial charge in [0.25, 0.3) is 0 Å². The van der Waals surface area contributed by atoms with E-state index in [1.54, 1.807) is 0 Å². The molecular weight excluding hydrogens is 246 g/mol. The minimum absolute atomic E-state index is 0.0393. The molecule has 1 aromatic rings. The van der Waals surface area contributed by atoms with Crippen LogP contribution in [0.15, 0.2) is 0 Å². The number of aryl methyl sites for hydroxylation is 1. The molecule has 2 aliphatic heterocycles. The third-order valence-electron chi connectivity index (χ3n) is 3.62. The lowest BCUT2D eigenvalue weighted by atomic mass is 10.2. The van der Waals surface area contributed by atoms with E-state index in [9.17, 15) is 4.79 Å². The summed E-state index contributed by atoms with van der Waals surface area (Å²) in [5, 5.41) is 14.5. The number of hydrogen-bond donors (Lipinski definition) is 2. The molecule has 0 aliphatic carbocycles. The predicted octanol–water partition coefficient (Wildman–Crippen LogP) is -0.610. The number of amides is 1. The Morgan fingerprint density at radius 2 is 2.47 bits per heavy atom. The molecule has 0 radical (unpaired) electrons. The molecule has 2 aliphatic rings. The van der Waals surface area contributed by atoms with E-state index in [1.807, 2.05) is 6.92 Å². The van der Waals surface area contributed by atoms with Gasteiger partial charge in [0.1, 0.15) is 11.9 Å². The minimum Gasteiger partial charge on any atom is -0.378 e. The number of aromatic nitrogens is 3. The van der Waals surface area contributed by atoms with Crippen molar-refractivity contribution in [1.29, 1.82) is 0 Å². The molecule has 1 amide bonds. The first-order valence-corrected chi connectivity index (χ1v) is 6.79. The summed E-state index contributed by atoms with van der Waals surface area (Å²) in [5.41, 5.74) is 0. The summed E-state index contributed by atoms with van der Waals surface area (Å²) in [7, 11) is 0. The molecule has 7 nitrogen and oxygen atoms in total. The summed E-state index contributed by atoms with van der Waals surface area (Å²) < 4.78 is 7.40. The highest BCUT2D eigenvalue weighted by molar-refractivity contribution is 5.82. The standard InChI is InChI=1S/C12H19N5O2/c1-8(11-16-15-10-3-2-5-17(10)11)14-12(18)9-7-19-6-4-13-9/h8-9,13H,2-7H2,1H3,(H,14,18). The lowest BCUT2D eigenvalue weighted by Gasteiger charge is -2.24. The van der Waals surface area contributed by atoms with Crippen molar-refractivity contribution in [3.63, 3.8) is 0 Å². The fraction of sp³-hybridized carbons (Fsp3) is 0.750. The van der Waals surface area contributed by atoms with Crippen LogP contribution in [0.25, 0.3) is 0 Å². The zero-order valence-electron chi connectivity index (χ0n) is 11.1. The molecular formula is C12H19N5O2. The van der Waals surface area contributed by atoms with Gasteiger partial charge in [0.15, 0.2) is 5.82 Å². The second-order valence-corrected chi connectivity index (χ2v) is 5.04. The first kappa shape index (κ1) is 12.6. The Morgan fingerprint density at radius 1 is 1.58 bits per heavy atom. The van der Waals surface area contributed by atoms with Crippen LogP contribution in [0.1, 0.15) is 31.0 Å². The van der Waals surface area contributed by atoms with Gasteiger partial charge in [-0.25, -0.2) is 0 Å². The van der Waals surface area contributed by atoms with Crippen LogP contribution < -0.4 is 10.6 Å². The second kappa shape index (κ2) is 5.26. The number of ether oxygens (including phenoxy) is 1. The zero-order valence-corrected chi connectivity index (χ0v) is 11.1. The van der Waals surface area contributed by atoms with Crippen LogP contribution in [-0.2, 0) is 22.5 Å². The SMILES string of the molecule is CC(NC(=O)C1COCCN1)c1nnc2n1CCC2.